The minimum Gasteiger partial charge on any atom is -0.466 e. The number of ether oxygens (including phenoxy) is 1. The van der Waals surface area contributed by atoms with Crippen LogP contribution in [0.4, 0.5) is 0 Å². The Kier molecular flexibility index (Phi) is 11.2. The second-order valence-electron chi connectivity index (χ2n) is 11.8. The molecule has 2 aromatic heterocycles. The highest BCUT2D eigenvalue weighted by molar-refractivity contribution is 6.35. The van der Waals surface area contributed by atoms with E-state index >= 15 is 0 Å². The average molecular weight is 624 g/mol. The zero-order valence-electron chi connectivity index (χ0n) is 24.0. The molecule has 0 aliphatic heterocycles. The molecule has 4 unspecified atom stereocenters. The van der Waals surface area contributed by atoms with Gasteiger partial charge in [-0.1, -0.05) is 82.4 Å². The molecule has 2 aromatic carbocycles. The molecular weight excluding hydrogens is 587 g/mol. The molecule has 0 aliphatic rings. The number of rotatable bonds is 8. The van der Waals surface area contributed by atoms with Crippen molar-refractivity contribution in [3.8, 4) is 5.75 Å². The number of hydrogen-bond acceptors (Lipinski definition) is 7. The molecular formula is C29H37Cl3N6O3. The number of aromatic nitrogens is 6. The lowest BCUT2D eigenvalue weighted by Crippen LogP contribution is -2.38. The molecule has 0 spiro atoms. The highest BCUT2D eigenvalue weighted by Gasteiger charge is 2.34. The molecule has 0 bridgehead atoms. The van der Waals surface area contributed by atoms with E-state index in [4.69, 9.17) is 39.5 Å². The molecule has 9 nitrogen and oxygen atoms in total. The van der Waals surface area contributed by atoms with Gasteiger partial charge in [0.1, 0.15) is 37.2 Å². The van der Waals surface area contributed by atoms with E-state index in [9.17, 15) is 10.2 Å². The predicted molar refractivity (Wildman–Crippen MR) is 161 cm³/mol. The Morgan fingerprint density at radius 3 is 1.78 bits per heavy atom. The van der Waals surface area contributed by atoms with E-state index < -0.39 is 18.4 Å². The minimum absolute atomic E-state index is 0.244. The van der Waals surface area contributed by atoms with E-state index in [0.717, 1.165) is 5.56 Å². The number of aliphatic hydroxyl groups excluding tert-OH is 2. The molecule has 0 saturated heterocycles. The fourth-order valence-corrected chi connectivity index (χ4v) is 4.53. The van der Waals surface area contributed by atoms with E-state index in [1.807, 2.05) is 47.6 Å². The monoisotopic (exact) mass is 622 g/mol. The van der Waals surface area contributed by atoms with Gasteiger partial charge in [-0.15, -0.1) is 0 Å². The van der Waals surface area contributed by atoms with Crippen LogP contribution in [0.2, 0.25) is 15.1 Å². The Balaban J connectivity index is 0.000000226. The van der Waals surface area contributed by atoms with Crippen molar-refractivity contribution in [3.05, 3.63) is 88.4 Å². The van der Waals surface area contributed by atoms with Gasteiger partial charge in [-0.25, -0.2) is 19.3 Å². The van der Waals surface area contributed by atoms with Crippen LogP contribution in [0, 0.1) is 10.8 Å². The minimum atomic E-state index is -0.750. The summed E-state index contributed by atoms with van der Waals surface area (Å²) in [4.78, 5) is 7.88. The van der Waals surface area contributed by atoms with Crippen LogP contribution < -0.4 is 4.74 Å². The lowest BCUT2D eigenvalue weighted by molar-refractivity contribution is -0.0731. The lowest BCUT2D eigenvalue weighted by atomic mass is 9.82. The summed E-state index contributed by atoms with van der Waals surface area (Å²) in [5, 5.41) is 31.2. The third-order valence-electron chi connectivity index (χ3n) is 6.40. The Bertz CT molecular complexity index is 1340. The van der Waals surface area contributed by atoms with Gasteiger partial charge in [0.2, 0.25) is 6.23 Å². The molecule has 0 saturated carbocycles. The van der Waals surface area contributed by atoms with Gasteiger partial charge in [0, 0.05) is 15.1 Å². The van der Waals surface area contributed by atoms with Crippen LogP contribution in [0.15, 0.2) is 67.8 Å². The number of nitrogens with zero attached hydrogens (tertiary/aromatic N) is 6. The van der Waals surface area contributed by atoms with Crippen LogP contribution >= 0.6 is 34.8 Å². The normalized spacial score (nSPS) is 14.9. The number of hydrogen-bond donors (Lipinski definition) is 2. The first-order valence-electron chi connectivity index (χ1n) is 13.1. The molecule has 4 atom stereocenters. The maximum absolute atomic E-state index is 10.7. The average Bonchev–Trinajstić information content (AvgIpc) is 3.62. The maximum Gasteiger partial charge on any atom is 0.219 e. The first kappa shape index (κ1) is 32.8. The molecule has 41 heavy (non-hydrogen) atoms. The third kappa shape index (κ3) is 9.41. The van der Waals surface area contributed by atoms with E-state index in [1.54, 1.807) is 47.4 Å². The molecule has 0 amide bonds. The van der Waals surface area contributed by atoms with Crippen molar-refractivity contribution >= 4 is 34.8 Å². The van der Waals surface area contributed by atoms with E-state index in [-0.39, 0.29) is 16.9 Å². The molecule has 4 aromatic rings. The Morgan fingerprint density at radius 1 is 0.756 bits per heavy atom. The SMILES string of the molecule is CC(C)(C)C(O)C(Cc1ccc(Cl)cc1Cl)n1cncn1.CC(C)(C)C(O)C(Oc1ccc(Cl)cc1)n1cncn1. The van der Waals surface area contributed by atoms with Gasteiger partial charge >= 0.3 is 0 Å². The van der Waals surface area contributed by atoms with E-state index in [0.29, 0.717) is 27.2 Å². The maximum atomic E-state index is 10.7. The number of halogens is 3. The molecule has 0 fully saturated rings. The topological polar surface area (TPSA) is 111 Å². The summed E-state index contributed by atoms with van der Waals surface area (Å²) in [6, 6.07) is 12.1. The zero-order chi connectivity index (χ0) is 30.4. The highest BCUT2D eigenvalue weighted by Crippen LogP contribution is 2.33. The summed E-state index contributed by atoms with van der Waals surface area (Å²) in [6.45, 7) is 11.8. The van der Waals surface area contributed by atoms with Gasteiger partial charge in [0.15, 0.2) is 0 Å². The zero-order valence-corrected chi connectivity index (χ0v) is 26.3. The summed E-state index contributed by atoms with van der Waals surface area (Å²) in [5.74, 6) is 0.609. The van der Waals surface area contributed by atoms with Crippen LogP contribution in [0.5, 0.6) is 5.75 Å². The van der Waals surface area contributed by atoms with Gasteiger partial charge in [0.25, 0.3) is 0 Å². The van der Waals surface area contributed by atoms with Gasteiger partial charge in [0.05, 0.1) is 12.1 Å². The van der Waals surface area contributed by atoms with Crippen molar-refractivity contribution < 1.29 is 14.9 Å². The highest BCUT2D eigenvalue weighted by atomic mass is 35.5. The molecule has 222 valence electrons. The second-order valence-corrected chi connectivity index (χ2v) is 13.1. The van der Waals surface area contributed by atoms with Crippen molar-refractivity contribution in [2.24, 2.45) is 10.8 Å². The van der Waals surface area contributed by atoms with Crippen molar-refractivity contribution in [2.45, 2.75) is 72.4 Å². The van der Waals surface area contributed by atoms with Crippen LogP contribution in [0.3, 0.4) is 0 Å². The van der Waals surface area contributed by atoms with Crippen LogP contribution in [0.25, 0.3) is 0 Å². The van der Waals surface area contributed by atoms with Gasteiger partial charge < -0.3 is 14.9 Å². The Hall–Kier alpha value is -2.69. The summed E-state index contributed by atoms with van der Waals surface area (Å²) in [7, 11) is 0. The summed E-state index contributed by atoms with van der Waals surface area (Å²) >= 11 is 18.0. The molecule has 4 rings (SSSR count). The largest absolute Gasteiger partial charge is 0.466 e. The Morgan fingerprint density at radius 2 is 1.29 bits per heavy atom. The molecule has 0 aliphatic carbocycles. The van der Waals surface area contributed by atoms with Crippen molar-refractivity contribution in [2.75, 3.05) is 0 Å². The fraction of sp³-hybridized carbons (Fsp3) is 0.448. The summed E-state index contributed by atoms with van der Waals surface area (Å²) in [6.07, 6.45) is 4.57. The summed E-state index contributed by atoms with van der Waals surface area (Å²) in [5.41, 5.74) is 0.281. The van der Waals surface area contributed by atoms with Crippen LogP contribution in [-0.2, 0) is 6.42 Å². The summed E-state index contributed by atoms with van der Waals surface area (Å²) < 4.78 is 9.04. The predicted octanol–water partition coefficient (Wildman–Crippen LogP) is 6.69. The van der Waals surface area contributed by atoms with E-state index in [2.05, 4.69) is 20.2 Å². The van der Waals surface area contributed by atoms with E-state index in [1.165, 1.54) is 23.7 Å². The standard InChI is InChI=1S/C15H19Cl2N3O.C14H18ClN3O2/c1-15(2,3)14(21)13(20-9-18-8-19-20)6-10-4-5-11(16)7-12(10)17;1-14(2,3)12(19)13(18-9-16-8-17-18)20-11-6-4-10(15)5-7-11/h4-5,7-9,13-14,21H,6H2,1-3H3;4-9,12-13,19H,1-3H3. The lowest BCUT2D eigenvalue weighted by Gasteiger charge is -2.33. The van der Waals surface area contributed by atoms with Gasteiger partial charge in [-0.3, -0.25) is 0 Å². The van der Waals surface area contributed by atoms with Crippen molar-refractivity contribution in [1.82, 2.24) is 29.5 Å². The Labute approximate surface area is 256 Å². The van der Waals surface area contributed by atoms with Crippen LogP contribution in [0.1, 0.15) is 59.4 Å². The quantitative estimate of drug-likeness (QED) is 0.225. The fourth-order valence-electron chi connectivity index (χ4n) is 3.92. The smallest absolute Gasteiger partial charge is 0.219 e. The first-order chi connectivity index (χ1) is 19.2. The molecule has 2 N–H and O–H groups in total. The molecule has 12 heteroatoms. The second kappa shape index (κ2) is 14.0. The van der Waals surface area contributed by atoms with Crippen LogP contribution in [-0.4, -0.2) is 51.9 Å². The third-order valence-corrected chi connectivity index (χ3v) is 7.24. The van der Waals surface area contributed by atoms with Gasteiger partial charge in [-0.05, 0) is 59.2 Å². The number of aliphatic hydroxyl groups is 2. The van der Waals surface area contributed by atoms with Crippen molar-refractivity contribution in [1.29, 1.82) is 0 Å². The number of benzene rings is 2. The van der Waals surface area contributed by atoms with Gasteiger partial charge in [-0.2, -0.15) is 10.2 Å². The molecule has 0 radical (unpaired) electrons. The molecule has 2 heterocycles. The first-order valence-corrected chi connectivity index (χ1v) is 14.2. The van der Waals surface area contributed by atoms with Crippen molar-refractivity contribution in [3.63, 3.8) is 0 Å².